The molecule has 0 aliphatic carbocycles. The summed E-state index contributed by atoms with van der Waals surface area (Å²) in [7, 11) is 0. The van der Waals surface area contributed by atoms with Crippen LogP contribution in [0.5, 0.6) is 0 Å². The van der Waals surface area contributed by atoms with Gasteiger partial charge in [-0.1, -0.05) is 6.92 Å². The predicted octanol–water partition coefficient (Wildman–Crippen LogP) is 1.78. The second kappa shape index (κ2) is 3.96. The summed E-state index contributed by atoms with van der Waals surface area (Å²) in [6.07, 6.45) is 2.92. The lowest BCUT2D eigenvalue weighted by Crippen LogP contribution is -2.25. The van der Waals surface area contributed by atoms with Crippen molar-refractivity contribution in [2.24, 2.45) is 0 Å². The van der Waals surface area contributed by atoms with Crippen molar-refractivity contribution in [2.75, 3.05) is 11.1 Å². The Morgan fingerprint density at radius 3 is 3.15 bits per heavy atom. The molecule has 1 N–H and O–H groups in total. The molecule has 0 bridgehead atoms. The fraction of sp³-hybridized carbons (Fsp3) is 0.556. The van der Waals surface area contributed by atoms with Gasteiger partial charge in [-0.3, -0.25) is 0 Å². The Kier molecular flexibility index (Phi) is 2.68. The van der Waals surface area contributed by atoms with Crippen LogP contribution in [0.3, 0.4) is 0 Å². The summed E-state index contributed by atoms with van der Waals surface area (Å²) in [4.78, 5) is 0. The van der Waals surface area contributed by atoms with Gasteiger partial charge in [-0.15, -0.1) is 5.10 Å². The molecule has 0 aromatic carbocycles. The molecule has 0 radical (unpaired) electrons. The van der Waals surface area contributed by atoms with E-state index in [1.165, 1.54) is 12.2 Å². The van der Waals surface area contributed by atoms with E-state index in [-0.39, 0.29) is 0 Å². The minimum atomic E-state index is 0.557. The monoisotopic (exact) mass is 195 g/mol. The van der Waals surface area contributed by atoms with Crippen LogP contribution in [0.2, 0.25) is 0 Å². The Morgan fingerprint density at radius 1 is 1.62 bits per heavy atom. The van der Waals surface area contributed by atoms with Crippen LogP contribution in [-0.4, -0.2) is 27.2 Å². The Bertz CT molecular complexity index is 265. The van der Waals surface area contributed by atoms with Crippen molar-refractivity contribution < 1.29 is 0 Å². The number of nitrogens with one attached hydrogen (secondary N) is 1. The topological polar surface area (TPSA) is 37.8 Å². The fourth-order valence-corrected chi connectivity index (χ4v) is 2.69. The van der Waals surface area contributed by atoms with Crippen molar-refractivity contribution in [2.45, 2.75) is 24.6 Å². The highest BCUT2D eigenvalue weighted by Crippen LogP contribution is 2.27. The molecule has 70 valence electrons. The molecule has 2 rings (SSSR count). The minimum Gasteiger partial charge on any atom is -0.365 e. The summed E-state index contributed by atoms with van der Waals surface area (Å²) in [5.74, 6) is 2.14. The van der Waals surface area contributed by atoms with Gasteiger partial charge in [-0.25, -0.2) is 0 Å². The quantitative estimate of drug-likeness (QED) is 0.780. The van der Waals surface area contributed by atoms with Crippen LogP contribution in [0.1, 0.15) is 13.3 Å². The van der Waals surface area contributed by atoms with Gasteiger partial charge in [-0.05, 0) is 24.3 Å². The van der Waals surface area contributed by atoms with E-state index in [0.717, 1.165) is 5.82 Å². The summed E-state index contributed by atoms with van der Waals surface area (Å²) in [5.41, 5.74) is 0. The predicted molar refractivity (Wildman–Crippen MR) is 56.0 cm³/mol. The van der Waals surface area contributed by atoms with Gasteiger partial charge in [0.05, 0.1) is 0 Å². The third-order valence-corrected chi connectivity index (χ3v) is 3.61. The number of aromatic nitrogens is 2. The first-order valence-corrected chi connectivity index (χ1v) is 5.57. The van der Waals surface area contributed by atoms with Crippen molar-refractivity contribution >= 4 is 17.6 Å². The zero-order valence-electron chi connectivity index (χ0n) is 7.60. The lowest BCUT2D eigenvalue weighted by molar-refractivity contribution is 0.717. The van der Waals surface area contributed by atoms with Crippen molar-refractivity contribution in [3.05, 3.63) is 18.3 Å². The Labute approximate surface area is 82.3 Å². The molecule has 1 aromatic heterocycles. The minimum absolute atomic E-state index is 0.557. The standard InChI is InChI=1S/C9H13N3S/c1-7-8(4-6-13-7)11-9-3-2-5-10-12-9/h2-3,5,7-8H,4,6H2,1H3,(H,11,12). The first-order valence-electron chi connectivity index (χ1n) is 4.52. The van der Waals surface area contributed by atoms with E-state index < -0.39 is 0 Å². The molecule has 1 aliphatic rings. The highest BCUT2D eigenvalue weighted by molar-refractivity contribution is 8.00. The Morgan fingerprint density at radius 2 is 2.54 bits per heavy atom. The van der Waals surface area contributed by atoms with Crippen LogP contribution in [-0.2, 0) is 0 Å². The van der Waals surface area contributed by atoms with Gasteiger partial charge in [0.1, 0.15) is 5.82 Å². The Balaban J connectivity index is 1.98. The lowest BCUT2D eigenvalue weighted by atomic mass is 10.2. The number of nitrogens with zero attached hydrogens (tertiary/aromatic N) is 2. The number of hydrogen-bond donors (Lipinski definition) is 1. The zero-order valence-corrected chi connectivity index (χ0v) is 8.42. The highest BCUT2D eigenvalue weighted by Gasteiger charge is 2.23. The van der Waals surface area contributed by atoms with E-state index in [9.17, 15) is 0 Å². The number of hydrogen-bond acceptors (Lipinski definition) is 4. The number of rotatable bonds is 2. The maximum absolute atomic E-state index is 4.01. The first-order chi connectivity index (χ1) is 6.36. The van der Waals surface area contributed by atoms with E-state index >= 15 is 0 Å². The molecule has 4 heteroatoms. The molecule has 1 aliphatic heterocycles. The third kappa shape index (κ3) is 2.12. The molecule has 2 atom stereocenters. The van der Waals surface area contributed by atoms with E-state index in [4.69, 9.17) is 0 Å². The van der Waals surface area contributed by atoms with Crippen molar-refractivity contribution in [3.63, 3.8) is 0 Å². The van der Waals surface area contributed by atoms with E-state index in [0.29, 0.717) is 11.3 Å². The lowest BCUT2D eigenvalue weighted by Gasteiger charge is -2.16. The second-order valence-electron chi connectivity index (χ2n) is 3.22. The van der Waals surface area contributed by atoms with Crippen molar-refractivity contribution in [1.82, 2.24) is 10.2 Å². The SMILES string of the molecule is CC1SCCC1Nc1cccnn1. The molecule has 0 spiro atoms. The molecular weight excluding hydrogens is 182 g/mol. The van der Waals surface area contributed by atoms with Gasteiger partial charge in [0.15, 0.2) is 0 Å². The molecular formula is C9H13N3S. The smallest absolute Gasteiger partial charge is 0.148 e. The first kappa shape index (κ1) is 8.81. The molecule has 3 nitrogen and oxygen atoms in total. The molecule has 1 saturated heterocycles. The van der Waals surface area contributed by atoms with Gasteiger partial charge in [0, 0.05) is 17.5 Å². The van der Waals surface area contributed by atoms with Gasteiger partial charge in [0.25, 0.3) is 0 Å². The zero-order chi connectivity index (χ0) is 9.10. The summed E-state index contributed by atoms with van der Waals surface area (Å²) in [5, 5.41) is 11.9. The van der Waals surface area contributed by atoms with Crippen LogP contribution < -0.4 is 5.32 Å². The van der Waals surface area contributed by atoms with Crippen molar-refractivity contribution in [1.29, 1.82) is 0 Å². The van der Waals surface area contributed by atoms with Gasteiger partial charge in [-0.2, -0.15) is 16.9 Å². The van der Waals surface area contributed by atoms with Gasteiger partial charge in [0.2, 0.25) is 0 Å². The van der Waals surface area contributed by atoms with Crippen LogP contribution in [0.15, 0.2) is 18.3 Å². The molecule has 0 saturated carbocycles. The van der Waals surface area contributed by atoms with E-state index in [1.807, 2.05) is 23.9 Å². The summed E-state index contributed by atoms with van der Waals surface area (Å²) >= 11 is 2.01. The fourth-order valence-electron chi connectivity index (χ4n) is 1.49. The number of thioether (sulfide) groups is 1. The van der Waals surface area contributed by atoms with Crippen molar-refractivity contribution in [3.8, 4) is 0 Å². The second-order valence-corrected chi connectivity index (χ2v) is 4.71. The molecule has 1 fully saturated rings. The summed E-state index contributed by atoms with van der Waals surface area (Å²) in [6.45, 7) is 2.26. The Hall–Kier alpha value is -0.770. The normalized spacial score (nSPS) is 27.5. The maximum Gasteiger partial charge on any atom is 0.148 e. The highest BCUT2D eigenvalue weighted by atomic mass is 32.2. The maximum atomic E-state index is 4.01. The molecule has 0 amide bonds. The third-order valence-electron chi connectivity index (χ3n) is 2.28. The van der Waals surface area contributed by atoms with Crippen LogP contribution >= 0.6 is 11.8 Å². The van der Waals surface area contributed by atoms with E-state index in [1.54, 1.807) is 6.20 Å². The van der Waals surface area contributed by atoms with Crippen LogP contribution in [0.25, 0.3) is 0 Å². The summed E-state index contributed by atoms with van der Waals surface area (Å²) in [6, 6.07) is 4.42. The molecule has 1 aromatic rings. The van der Waals surface area contributed by atoms with E-state index in [2.05, 4.69) is 22.4 Å². The molecule has 13 heavy (non-hydrogen) atoms. The van der Waals surface area contributed by atoms with Crippen LogP contribution in [0, 0.1) is 0 Å². The average molecular weight is 195 g/mol. The molecule has 2 heterocycles. The average Bonchev–Trinajstić information content (AvgIpc) is 2.54. The summed E-state index contributed by atoms with van der Waals surface area (Å²) < 4.78 is 0. The van der Waals surface area contributed by atoms with Gasteiger partial charge < -0.3 is 5.32 Å². The number of anilines is 1. The van der Waals surface area contributed by atoms with Gasteiger partial charge >= 0.3 is 0 Å². The van der Waals surface area contributed by atoms with Crippen LogP contribution in [0.4, 0.5) is 5.82 Å². The molecule has 2 unspecified atom stereocenters. The largest absolute Gasteiger partial charge is 0.365 e.